The van der Waals surface area contributed by atoms with Gasteiger partial charge in [0, 0.05) is 17.8 Å². The van der Waals surface area contributed by atoms with Gasteiger partial charge < -0.3 is 5.11 Å². The zero-order chi connectivity index (χ0) is 14.3. The molecule has 2 unspecified atom stereocenters. The molecule has 0 spiro atoms. The summed E-state index contributed by atoms with van der Waals surface area (Å²) < 4.78 is 0. The number of aromatic nitrogens is 1. The molecule has 2 heteroatoms. The molecule has 1 heterocycles. The number of fused-ring (bicyclic) bond motifs is 1. The smallest absolute Gasteiger partial charge is 0.0878 e. The fraction of sp³-hybridized carbons (Fsp3) is 0.389. The molecule has 0 saturated carbocycles. The molecule has 20 heavy (non-hydrogen) atoms. The molecule has 1 aliphatic rings. The number of hydrogen-bond donors (Lipinski definition) is 1. The molecule has 1 aromatic heterocycles. The summed E-state index contributed by atoms with van der Waals surface area (Å²) in [4.78, 5) is 4.50. The Bertz CT molecular complexity index is 625. The second-order valence-corrected chi connectivity index (χ2v) is 5.95. The second kappa shape index (κ2) is 5.02. The minimum absolute atomic E-state index is 0.131. The van der Waals surface area contributed by atoms with Gasteiger partial charge in [-0.2, -0.15) is 0 Å². The Kier molecular flexibility index (Phi) is 3.35. The molecule has 0 radical (unpaired) electrons. The molecule has 0 fully saturated rings. The maximum absolute atomic E-state index is 10.9. The van der Waals surface area contributed by atoms with E-state index in [1.165, 1.54) is 22.3 Å². The van der Waals surface area contributed by atoms with Crippen molar-refractivity contribution in [1.29, 1.82) is 0 Å². The van der Waals surface area contributed by atoms with Crippen molar-refractivity contribution in [1.82, 2.24) is 4.98 Å². The Hall–Kier alpha value is -1.67. The lowest BCUT2D eigenvalue weighted by atomic mass is 9.87. The summed E-state index contributed by atoms with van der Waals surface area (Å²) in [6.45, 7) is 6.28. The molecule has 0 bridgehead atoms. The van der Waals surface area contributed by atoms with Gasteiger partial charge in [-0.1, -0.05) is 23.8 Å². The highest BCUT2D eigenvalue weighted by atomic mass is 16.3. The number of aryl methyl sites for hydroxylation is 4. The lowest BCUT2D eigenvalue weighted by Gasteiger charge is -2.23. The summed E-state index contributed by atoms with van der Waals surface area (Å²) in [5, 5.41) is 10.9. The number of benzene rings is 1. The first-order valence-corrected chi connectivity index (χ1v) is 7.27. The molecule has 2 aromatic rings. The van der Waals surface area contributed by atoms with Crippen molar-refractivity contribution in [3.63, 3.8) is 0 Å². The van der Waals surface area contributed by atoms with Crippen LogP contribution in [0.1, 0.15) is 52.0 Å². The first-order valence-electron chi connectivity index (χ1n) is 7.27. The van der Waals surface area contributed by atoms with Gasteiger partial charge in [0.05, 0.1) is 6.10 Å². The van der Waals surface area contributed by atoms with E-state index in [-0.39, 0.29) is 5.92 Å². The summed E-state index contributed by atoms with van der Waals surface area (Å²) in [5.74, 6) is 0.131. The first-order chi connectivity index (χ1) is 9.58. The molecule has 2 atom stereocenters. The monoisotopic (exact) mass is 267 g/mol. The third-order valence-corrected chi connectivity index (χ3v) is 4.42. The van der Waals surface area contributed by atoms with Crippen LogP contribution in [0.4, 0.5) is 0 Å². The highest BCUT2D eigenvalue weighted by Gasteiger charge is 2.32. The van der Waals surface area contributed by atoms with Crippen LogP contribution in [-0.2, 0) is 6.42 Å². The topological polar surface area (TPSA) is 33.1 Å². The van der Waals surface area contributed by atoms with Gasteiger partial charge in [-0.15, -0.1) is 0 Å². The van der Waals surface area contributed by atoms with Crippen molar-refractivity contribution in [2.45, 2.75) is 45.6 Å². The van der Waals surface area contributed by atoms with Gasteiger partial charge in [0.1, 0.15) is 0 Å². The van der Waals surface area contributed by atoms with Gasteiger partial charge in [0.2, 0.25) is 0 Å². The molecule has 3 rings (SSSR count). The number of nitrogens with zero attached hydrogens (tertiary/aromatic N) is 1. The molecule has 1 N–H and O–H groups in total. The van der Waals surface area contributed by atoms with Crippen molar-refractivity contribution in [2.24, 2.45) is 0 Å². The molecule has 1 aliphatic carbocycles. The lowest BCUT2D eigenvalue weighted by Crippen LogP contribution is -2.12. The SMILES string of the molecule is Cc1cc(C)c(C(O)C2CCc3cccnc32)c(C)c1. The van der Waals surface area contributed by atoms with Gasteiger partial charge in [0.15, 0.2) is 0 Å². The van der Waals surface area contributed by atoms with Gasteiger partial charge >= 0.3 is 0 Å². The Labute approximate surface area is 120 Å². The van der Waals surface area contributed by atoms with Crippen molar-refractivity contribution >= 4 is 0 Å². The third kappa shape index (κ3) is 2.14. The van der Waals surface area contributed by atoms with Crippen molar-refractivity contribution in [3.05, 3.63) is 64.0 Å². The fourth-order valence-corrected chi connectivity index (χ4v) is 3.61. The summed E-state index contributed by atoms with van der Waals surface area (Å²) >= 11 is 0. The predicted molar refractivity (Wildman–Crippen MR) is 80.9 cm³/mol. The van der Waals surface area contributed by atoms with Crippen LogP contribution in [0, 0.1) is 20.8 Å². The minimum Gasteiger partial charge on any atom is -0.388 e. The van der Waals surface area contributed by atoms with E-state index in [0.29, 0.717) is 0 Å². The van der Waals surface area contributed by atoms with Crippen LogP contribution in [0.5, 0.6) is 0 Å². The average molecular weight is 267 g/mol. The number of aliphatic hydroxyl groups excluding tert-OH is 1. The fourth-order valence-electron chi connectivity index (χ4n) is 3.61. The van der Waals surface area contributed by atoms with E-state index >= 15 is 0 Å². The quantitative estimate of drug-likeness (QED) is 0.898. The largest absolute Gasteiger partial charge is 0.388 e. The Morgan fingerprint density at radius 2 is 1.90 bits per heavy atom. The van der Waals surface area contributed by atoms with Crippen LogP contribution >= 0.6 is 0 Å². The van der Waals surface area contributed by atoms with Crippen molar-refractivity contribution in [3.8, 4) is 0 Å². The summed E-state index contributed by atoms with van der Waals surface area (Å²) in [5.41, 5.74) is 7.07. The van der Waals surface area contributed by atoms with E-state index < -0.39 is 6.10 Å². The number of rotatable bonds is 2. The Morgan fingerprint density at radius 1 is 1.20 bits per heavy atom. The Balaban J connectivity index is 2.01. The normalized spacial score (nSPS) is 18.9. The highest BCUT2D eigenvalue weighted by molar-refractivity contribution is 5.42. The van der Waals surface area contributed by atoms with Crippen molar-refractivity contribution < 1.29 is 5.11 Å². The second-order valence-electron chi connectivity index (χ2n) is 5.95. The first kappa shape index (κ1) is 13.3. The van der Waals surface area contributed by atoms with Gasteiger partial charge in [0.25, 0.3) is 0 Å². The molecule has 0 saturated heterocycles. The molecule has 2 nitrogen and oxygen atoms in total. The van der Waals surface area contributed by atoms with E-state index in [4.69, 9.17) is 0 Å². The number of pyridine rings is 1. The van der Waals surface area contributed by atoms with Gasteiger partial charge in [-0.05, 0) is 61.9 Å². The molecule has 0 aliphatic heterocycles. The van der Waals surface area contributed by atoms with E-state index in [1.807, 2.05) is 12.3 Å². The van der Waals surface area contributed by atoms with Gasteiger partial charge in [-0.3, -0.25) is 4.98 Å². The number of aliphatic hydroxyl groups is 1. The maximum atomic E-state index is 10.9. The summed E-state index contributed by atoms with van der Waals surface area (Å²) in [6.07, 6.45) is 3.39. The minimum atomic E-state index is -0.452. The van der Waals surface area contributed by atoms with E-state index in [0.717, 1.165) is 24.1 Å². The van der Waals surface area contributed by atoms with Crippen LogP contribution in [0.15, 0.2) is 30.5 Å². The van der Waals surface area contributed by atoms with E-state index in [9.17, 15) is 5.11 Å². The van der Waals surface area contributed by atoms with E-state index in [2.05, 4.69) is 44.0 Å². The van der Waals surface area contributed by atoms with Gasteiger partial charge in [-0.25, -0.2) is 0 Å². The van der Waals surface area contributed by atoms with Crippen LogP contribution in [-0.4, -0.2) is 10.1 Å². The van der Waals surface area contributed by atoms with Crippen LogP contribution in [0.25, 0.3) is 0 Å². The third-order valence-electron chi connectivity index (χ3n) is 4.42. The molecule has 1 aromatic carbocycles. The van der Waals surface area contributed by atoms with E-state index in [1.54, 1.807) is 0 Å². The van der Waals surface area contributed by atoms with Crippen LogP contribution in [0.3, 0.4) is 0 Å². The zero-order valence-corrected chi connectivity index (χ0v) is 12.4. The molecule has 104 valence electrons. The zero-order valence-electron chi connectivity index (χ0n) is 12.4. The number of hydrogen-bond acceptors (Lipinski definition) is 2. The maximum Gasteiger partial charge on any atom is 0.0878 e. The highest BCUT2D eigenvalue weighted by Crippen LogP contribution is 2.42. The van der Waals surface area contributed by atoms with Crippen LogP contribution < -0.4 is 0 Å². The standard InChI is InChI=1S/C18H21NO/c1-11-9-12(2)16(13(3)10-11)18(20)15-7-6-14-5-4-8-19-17(14)15/h4-5,8-10,15,18,20H,6-7H2,1-3H3. The predicted octanol–water partition coefficient (Wildman–Crippen LogP) is 3.77. The molecular formula is C18H21NO. The van der Waals surface area contributed by atoms with Crippen molar-refractivity contribution in [2.75, 3.05) is 0 Å². The molecular weight excluding hydrogens is 246 g/mol. The lowest BCUT2D eigenvalue weighted by molar-refractivity contribution is 0.142. The summed E-state index contributed by atoms with van der Waals surface area (Å²) in [6, 6.07) is 8.42. The average Bonchev–Trinajstić information content (AvgIpc) is 2.81. The Morgan fingerprint density at radius 3 is 2.60 bits per heavy atom. The van der Waals surface area contributed by atoms with Crippen LogP contribution in [0.2, 0.25) is 0 Å². The molecule has 0 amide bonds. The summed E-state index contributed by atoms with van der Waals surface area (Å²) in [7, 11) is 0.